The monoisotopic (exact) mass is 318 g/mol. The molecule has 2 heterocycles. The lowest BCUT2D eigenvalue weighted by Gasteiger charge is -2.36. The number of hydrogen-bond donors (Lipinski definition) is 2. The molecule has 2 atom stereocenters. The minimum absolute atomic E-state index is 0.102. The highest BCUT2D eigenvalue weighted by Gasteiger charge is 2.39. The number of ether oxygens (including phenoxy) is 1. The van der Waals surface area contributed by atoms with Gasteiger partial charge in [-0.05, 0) is 51.0 Å². The maximum absolute atomic E-state index is 12.3. The van der Waals surface area contributed by atoms with Crippen LogP contribution >= 0.6 is 0 Å². The van der Waals surface area contributed by atoms with Gasteiger partial charge < -0.3 is 20.1 Å². The molecular formula is C17H22N2O4. The second kappa shape index (κ2) is 5.44. The first-order valence-corrected chi connectivity index (χ1v) is 7.86. The lowest BCUT2D eigenvalue weighted by atomic mass is 9.89. The van der Waals surface area contributed by atoms with Crippen molar-refractivity contribution in [3.05, 3.63) is 29.3 Å². The third-order valence-electron chi connectivity index (χ3n) is 4.30. The van der Waals surface area contributed by atoms with Crippen LogP contribution in [0.2, 0.25) is 0 Å². The molecule has 2 unspecified atom stereocenters. The van der Waals surface area contributed by atoms with Crippen molar-refractivity contribution in [1.29, 1.82) is 0 Å². The van der Waals surface area contributed by atoms with Gasteiger partial charge in [0.05, 0.1) is 5.56 Å². The van der Waals surface area contributed by atoms with Gasteiger partial charge in [0, 0.05) is 30.7 Å². The Hall–Kier alpha value is -2.24. The number of carboxylic acid groups (broad SMARTS) is 1. The van der Waals surface area contributed by atoms with Crippen molar-refractivity contribution in [3.8, 4) is 0 Å². The van der Waals surface area contributed by atoms with Gasteiger partial charge in [-0.1, -0.05) is 0 Å². The van der Waals surface area contributed by atoms with Crippen LogP contribution in [-0.2, 0) is 4.74 Å². The number of carbonyl (C=O) groups excluding carboxylic acids is 1. The van der Waals surface area contributed by atoms with E-state index < -0.39 is 11.6 Å². The normalized spacial score (nSPS) is 22.8. The molecule has 3 rings (SSSR count). The van der Waals surface area contributed by atoms with E-state index >= 15 is 0 Å². The summed E-state index contributed by atoms with van der Waals surface area (Å²) in [5.41, 5.74) is 1.70. The Labute approximate surface area is 135 Å². The molecule has 1 aromatic rings. The quantitative estimate of drug-likeness (QED) is 0.832. The molecule has 0 spiro atoms. The number of anilines is 1. The van der Waals surface area contributed by atoms with Crippen LogP contribution in [0.4, 0.5) is 10.5 Å². The lowest BCUT2D eigenvalue weighted by molar-refractivity contribution is 0.0194. The highest BCUT2D eigenvalue weighted by molar-refractivity contribution is 5.89. The molecule has 0 aromatic heterocycles. The molecule has 2 aliphatic heterocycles. The van der Waals surface area contributed by atoms with E-state index in [1.54, 1.807) is 17.0 Å². The molecule has 124 valence electrons. The van der Waals surface area contributed by atoms with Crippen molar-refractivity contribution < 1.29 is 19.4 Å². The van der Waals surface area contributed by atoms with Crippen LogP contribution in [0.3, 0.4) is 0 Å². The maximum Gasteiger partial charge on any atom is 0.410 e. The van der Waals surface area contributed by atoms with Gasteiger partial charge >= 0.3 is 12.1 Å². The molecule has 1 saturated heterocycles. The topological polar surface area (TPSA) is 78.9 Å². The predicted octanol–water partition coefficient (Wildman–Crippen LogP) is 2.90. The molecule has 1 amide bonds. The summed E-state index contributed by atoms with van der Waals surface area (Å²) in [5, 5.41) is 12.6. The van der Waals surface area contributed by atoms with Gasteiger partial charge in [-0.25, -0.2) is 9.59 Å². The number of rotatable bonds is 1. The zero-order chi connectivity index (χ0) is 16.8. The molecule has 23 heavy (non-hydrogen) atoms. The lowest BCUT2D eigenvalue weighted by Crippen LogP contribution is -2.46. The second-order valence-electron chi connectivity index (χ2n) is 7.18. The van der Waals surface area contributed by atoms with Gasteiger partial charge in [-0.3, -0.25) is 0 Å². The minimum Gasteiger partial charge on any atom is -0.478 e. The van der Waals surface area contributed by atoms with Gasteiger partial charge in [0.1, 0.15) is 5.60 Å². The number of benzene rings is 1. The number of amides is 1. The zero-order valence-electron chi connectivity index (χ0n) is 13.6. The van der Waals surface area contributed by atoms with Gasteiger partial charge in [-0.15, -0.1) is 0 Å². The Balaban J connectivity index is 1.80. The molecule has 6 nitrogen and oxygen atoms in total. The molecule has 0 saturated carbocycles. The van der Waals surface area contributed by atoms with Crippen molar-refractivity contribution in [2.45, 2.75) is 44.8 Å². The second-order valence-corrected chi connectivity index (χ2v) is 7.18. The van der Waals surface area contributed by atoms with Crippen LogP contribution in [0, 0.1) is 0 Å². The molecule has 1 aromatic carbocycles. The summed E-state index contributed by atoms with van der Waals surface area (Å²) < 4.78 is 5.45. The summed E-state index contributed by atoms with van der Waals surface area (Å²) in [5.74, 6) is -0.832. The summed E-state index contributed by atoms with van der Waals surface area (Å²) in [4.78, 5) is 25.2. The fraction of sp³-hybridized carbons (Fsp3) is 0.529. The van der Waals surface area contributed by atoms with Gasteiger partial charge in [0.2, 0.25) is 0 Å². The first-order valence-electron chi connectivity index (χ1n) is 7.86. The maximum atomic E-state index is 12.3. The van der Waals surface area contributed by atoms with Crippen LogP contribution in [0.15, 0.2) is 18.2 Å². The molecule has 0 bridgehead atoms. The van der Waals surface area contributed by atoms with E-state index in [0.29, 0.717) is 13.1 Å². The van der Waals surface area contributed by atoms with E-state index in [1.807, 2.05) is 26.8 Å². The molecular weight excluding hydrogens is 296 g/mol. The van der Waals surface area contributed by atoms with Crippen LogP contribution in [0.25, 0.3) is 0 Å². The summed E-state index contributed by atoms with van der Waals surface area (Å²) in [6, 6.07) is 5.38. The standard InChI is InChI=1S/C17H22N2O4/c1-17(2,3)23-16(22)19-7-6-14-12(9-19)11-8-10(15(20)21)4-5-13(11)18-14/h4-5,8,12,14,18H,6-7,9H2,1-3H3,(H,20,21). The average Bonchev–Trinajstić information content (AvgIpc) is 2.82. The summed E-state index contributed by atoms with van der Waals surface area (Å²) in [6.45, 7) is 6.74. The van der Waals surface area contributed by atoms with E-state index in [4.69, 9.17) is 4.74 Å². The van der Waals surface area contributed by atoms with E-state index in [0.717, 1.165) is 17.7 Å². The smallest absolute Gasteiger partial charge is 0.410 e. The Morgan fingerprint density at radius 3 is 2.74 bits per heavy atom. The summed E-state index contributed by atoms with van der Waals surface area (Å²) in [7, 11) is 0. The summed E-state index contributed by atoms with van der Waals surface area (Å²) in [6.07, 6.45) is 0.514. The van der Waals surface area contributed by atoms with E-state index in [1.165, 1.54) is 0 Å². The van der Waals surface area contributed by atoms with Crippen molar-refractivity contribution in [2.24, 2.45) is 0 Å². The van der Waals surface area contributed by atoms with E-state index in [2.05, 4.69) is 5.32 Å². The molecule has 0 aliphatic carbocycles. The average molecular weight is 318 g/mol. The Morgan fingerprint density at radius 2 is 2.09 bits per heavy atom. The number of likely N-dealkylation sites (tertiary alicyclic amines) is 1. The predicted molar refractivity (Wildman–Crippen MR) is 86.0 cm³/mol. The number of piperidine rings is 1. The molecule has 1 fully saturated rings. The van der Waals surface area contributed by atoms with Crippen LogP contribution in [0.1, 0.15) is 49.0 Å². The van der Waals surface area contributed by atoms with Gasteiger partial charge in [0.25, 0.3) is 0 Å². The van der Waals surface area contributed by atoms with Gasteiger partial charge in [0.15, 0.2) is 0 Å². The Kier molecular flexibility index (Phi) is 3.70. The van der Waals surface area contributed by atoms with Crippen molar-refractivity contribution >= 4 is 17.7 Å². The summed E-state index contributed by atoms with van der Waals surface area (Å²) >= 11 is 0. The number of hydrogen-bond acceptors (Lipinski definition) is 4. The van der Waals surface area contributed by atoms with E-state index in [-0.39, 0.29) is 23.6 Å². The number of nitrogens with one attached hydrogen (secondary N) is 1. The number of fused-ring (bicyclic) bond motifs is 3. The highest BCUT2D eigenvalue weighted by Crippen LogP contribution is 2.40. The molecule has 2 aliphatic rings. The fourth-order valence-corrected chi connectivity index (χ4v) is 3.27. The first-order chi connectivity index (χ1) is 10.7. The molecule has 0 radical (unpaired) electrons. The minimum atomic E-state index is -0.934. The Bertz CT molecular complexity index is 650. The van der Waals surface area contributed by atoms with Crippen LogP contribution < -0.4 is 5.32 Å². The van der Waals surface area contributed by atoms with Crippen LogP contribution in [-0.4, -0.2) is 46.8 Å². The third-order valence-corrected chi connectivity index (χ3v) is 4.30. The zero-order valence-corrected chi connectivity index (χ0v) is 13.6. The van der Waals surface area contributed by atoms with E-state index in [9.17, 15) is 14.7 Å². The number of carboxylic acids is 1. The number of aromatic carboxylic acids is 1. The molecule has 6 heteroatoms. The molecule has 2 N–H and O–H groups in total. The highest BCUT2D eigenvalue weighted by atomic mass is 16.6. The largest absolute Gasteiger partial charge is 0.478 e. The Morgan fingerprint density at radius 1 is 1.35 bits per heavy atom. The fourth-order valence-electron chi connectivity index (χ4n) is 3.27. The van der Waals surface area contributed by atoms with Crippen molar-refractivity contribution in [3.63, 3.8) is 0 Å². The van der Waals surface area contributed by atoms with Crippen molar-refractivity contribution in [2.75, 3.05) is 18.4 Å². The van der Waals surface area contributed by atoms with Gasteiger partial charge in [-0.2, -0.15) is 0 Å². The van der Waals surface area contributed by atoms with Crippen LogP contribution in [0.5, 0.6) is 0 Å². The number of carbonyl (C=O) groups is 2. The number of nitrogens with zero attached hydrogens (tertiary/aromatic N) is 1. The SMILES string of the molecule is CC(C)(C)OC(=O)N1CCC2Nc3ccc(C(=O)O)cc3C2C1. The van der Waals surface area contributed by atoms with Crippen molar-refractivity contribution in [1.82, 2.24) is 4.90 Å². The first kappa shape index (κ1) is 15.6. The third kappa shape index (κ3) is 3.11.